The Morgan fingerprint density at radius 3 is 1.88 bits per heavy atom. The number of carbonyl (C=O) groups is 1. The smallest absolute Gasteiger partial charge is 0.410 e. The molecule has 3 rings (SSSR count). The van der Waals surface area contributed by atoms with Gasteiger partial charge in [0, 0.05) is 25.4 Å². The summed E-state index contributed by atoms with van der Waals surface area (Å²) in [6.45, 7) is 1.95. The lowest BCUT2D eigenvalue weighted by molar-refractivity contribution is 0.0422. The summed E-state index contributed by atoms with van der Waals surface area (Å²) in [7, 11) is 3.24. The Hall–Kier alpha value is -3.78. The number of hydrogen-bond acceptors (Lipinski definition) is 7. The number of pyridine rings is 1. The van der Waals surface area contributed by atoms with E-state index >= 15 is 0 Å². The molecule has 3 aromatic rings. The summed E-state index contributed by atoms with van der Waals surface area (Å²) >= 11 is 0. The molecule has 0 saturated heterocycles. The highest BCUT2D eigenvalue weighted by atomic mass is 16.6. The van der Waals surface area contributed by atoms with Crippen molar-refractivity contribution in [2.45, 2.75) is 13.1 Å². The van der Waals surface area contributed by atoms with Crippen LogP contribution in [0.3, 0.4) is 0 Å². The number of rotatable bonds is 13. The summed E-state index contributed by atoms with van der Waals surface area (Å²) in [5.74, 6) is 2.07. The van der Waals surface area contributed by atoms with E-state index in [1.54, 1.807) is 31.4 Å². The number of carbonyl (C=O) groups excluding carboxylic acids is 1. The lowest BCUT2D eigenvalue weighted by Gasteiger charge is -2.23. The van der Waals surface area contributed by atoms with Crippen LogP contribution in [0.15, 0.2) is 72.9 Å². The van der Waals surface area contributed by atoms with E-state index in [2.05, 4.69) is 4.98 Å². The van der Waals surface area contributed by atoms with Crippen LogP contribution in [-0.2, 0) is 22.6 Å². The van der Waals surface area contributed by atoms with Crippen LogP contribution in [0, 0.1) is 0 Å². The third-order valence-corrected chi connectivity index (χ3v) is 4.89. The summed E-state index contributed by atoms with van der Waals surface area (Å²) in [5.41, 5.74) is 1.93. The molecule has 0 N–H and O–H groups in total. The van der Waals surface area contributed by atoms with E-state index < -0.39 is 6.09 Å². The van der Waals surface area contributed by atoms with Gasteiger partial charge in [-0.25, -0.2) is 9.78 Å². The molecule has 8 heteroatoms. The lowest BCUT2D eigenvalue weighted by Crippen LogP contribution is -2.31. The van der Waals surface area contributed by atoms with E-state index in [1.165, 1.54) is 0 Å². The van der Waals surface area contributed by atoms with Crippen LogP contribution in [0.2, 0.25) is 0 Å². The average molecular weight is 467 g/mol. The van der Waals surface area contributed by atoms with Gasteiger partial charge in [0.25, 0.3) is 0 Å². The Kier molecular flexibility index (Phi) is 10.0. The summed E-state index contributed by atoms with van der Waals surface area (Å²) in [6.07, 6.45) is 1.25. The van der Waals surface area contributed by atoms with Crippen molar-refractivity contribution in [2.24, 2.45) is 0 Å². The third kappa shape index (κ3) is 8.29. The van der Waals surface area contributed by atoms with Crippen molar-refractivity contribution in [3.05, 3.63) is 84.1 Å². The Morgan fingerprint density at radius 1 is 0.765 bits per heavy atom. The van der Waals surface area contributed by atoms with Crippen LogP contribution in [0.4, 0.5) is 4.79 Å². The lowest BCUT2D eigenvalue weighted by atomic mass is 10.1. The van der Waals surface area contributed by atoms with E-state index in [1.807, 2.05) is 60.7 Å². The minimum Gasteiger partial charge on any atom is -0.497 e. The molecule has 0 aliphatic carbocycles. The molecule has 34 heavy (non-hydrogen) atoms. The molecule has 0 bridgehead atoms. The monoisotopic (exact) mass is 466 g/mol. The van der Waals surface area contributed by atoms with Crippen LogP contribution in [0.1, 0.15) is 11.1 Å². The number of amides is 1. The van der Waals surface area contributed by atoms with Crippen LogP contribution in [-0.4, -0.2) is 56.6 Å². The highest BCUT2D eigenvalue weighted by Gasteiger charge is 2.16. The molecule has 2 aromatic carbocycles. The van der Waals surface area contributed by atoms with Crippen molar-refractivity contribution >= 4 is 6.09 Å². The Bertz CT molecular complexity index is 931. The van der Waals surface area contributed by atoms with Crippen molar-refractivity contribution in [3.63, 3.8) is 0 Å². The number of ether oxygens (including phenoxy) is 5. The first-order chi connectivity index (χ1) is 16.7. The Morgan fingerprint density at radius 2 is 1.35 bits per heavy atom. The van der Waals surface area contributed by atoms with E-state index in [4.69, 9.17) is 23.7 Å². The molecule has 0 unspecified atom stereocenters. The molecule has 0 radical (unpaired) electrons. The van der Waals surface area contributed by atoms with E-state index in [0.717, 1.165) is 22.6 Å². The molecule has 1 amide bonds. The van der Waals surface area contributed by atoms with E-state index in [0.29, 0.717) is 32.2 Å². The van der Waals surface area contributed by atoms with Gasteiger partial charge in [-0.2, -0.15) is 0 Å². The maximum atomic E-state index is 12.8. The number of nitrogens with zero attached hydrogens (tertiary/aromatic N) is 2. The summed E-state index contributed by atoms with van der Waals surface area (Å²) < 4.78 is 26.9. The van der Waals surface area contributed by atoms with Gasteiger partial charge in [-0.05, 0) is 41.5 Å². The normalized spacial score (nSPS) is 10.4. The zero-order chi connectivity index (χ0) is 24.0. The molecule has 0 fully saturated rings. The van der Waals surface area contributed by atoms with Gasteiger partial charge in [0.05, 0.1) is 27.4 Å². The fourth-order valence-corrected chi connectivity index (χ4v) is 3.11. The minimum absolute atomic E-state index is 0.143. The van der Waals surface area contributed by atoms with E-state index in [-0.39, 0.29) is 13.2 Å². The van der Waals surface area contributed by atoms with E-state index in [9.17, 15) is 4.79 Å². The zero-order valence-corrected chi connectivity index (χ0v) is 19.5. The van der Waals surface area contributed by atoms with Gasteiger partial charge in [0.1, 0.15) is 24.7 Å². The number of hydrogen-bond donors (Lipinski definition) is 0. The van der Waals surface area contributed by atoms with Gasteiger partial charge in [0.15, 0.2) is 0 Å². The molecule has 0 aliphatic rings. The summed E-state index contributed by atoms with van der Waals surface area (Å²) in [5, 5.41) is 0. The number of benzene rings is 2. The fraction of sp³-hybridized carbons (Fsp3) is 0.308. The first-order valence-electron chi connectivity index (χ1n) is 11.0. The largest absolute Gasteiger partial charge is 0.497 e. The predicted octanol–water partition coefficient (Wildman–Crippen LogP) is 4.33. The van der Waals surface area contributed by atoms with Gasteiger partial charge in [-0.15, -0.1) is 0 Å². The Labute approximate surface area is 200 Å². The van der Waals surface area contributed by atoms with Crippen molar-refractivity contribution < 1.29 is 28.5 Å². The van der Waals surface area contributed by atoms with Gasteiger partial charge in [-0.1, -0.05) is 30.3 Å². The zero-order valence-electron chi connectivity index (χ0n) is 19.5. The molecular weight excluding hydrogens is 436 g/mol. The second-order valence-electron chi connectivity index (χ2n) is 7.30. The fourth-order valence-electron chi connectivity index (χ4n) is 3.11. The third-order valence-electron chi connectivity index (χ3n) is 4.89. The average Bonchev–Trinajstić information content (AvgIpc) is 2.89. The van der Waals surface area contributed by atoms with Crippen molar-refractivity contribution in [3.8, 4) is 17.4 Å². The quantitative estimate of drug-likeness (QED) is 0.347. The molecule has 0 spiro atoms. The van der Waals surface area contributed by atoms with Gasteiger partial charge in [-0.3, -0.25) is 4.90 Å². The van der Waals surface area contributed by atoms with Crippen LogP contribution < -0.4 is 14.2 Å². The molecule has 1 aromatic heterocycles. The molecular formula is C26H30N2O6. The minimum atomic E-state index is -0.417. The SMILES string of the molecule is COc1ccc(CN(Cc2ccc(OC)cc2)C(=O)OCCOCCOc2ccccn2)cc1. The second-order valence-corrected chi connectivity index (χ2v) is 7.30. The molecule has 1 heterocycles. The van der Waals surface area contributed by atoms with Gasteiger partial charge >= 0.3 is 6.09 Å². The van der Waals surface area contributed by atoms with Crippen LogP contribution in [0.5, 0.6) is 17.4 Å². The Balaban J connectivity index is 1.48. The van der Waals surface area contributed by atoms with Crippen molar-refractivity contribution in [1.29, 1.82) is 0 Å². The maximum absolute atomic E-state index is 12.8. The summed E-state index contributed by atoms with van der Waals surface area (Å²) in [6, 6.07) is 20.6. The van der Waals surface area contributed by atoms with Crippen molar-refractivity contribution in [2.75, 3.05) is 40.6 Å². The summed E-state index contributed by atoms with van der Waals surface area (Å²) in [4.78, 5) is 18.6. The molecule has 8 nitrogen and oxygen atoms in total. The highest BCUT2D eigenvalue weighted by Crippen LogP contribution is 2.17. The predicted molar refractivity (Wildman–Crippen MR) is 127 cm³/mol. The molecule has 0 saturated carbocycles. The first kappa shape index (κ1) is 24.9. The molecule has 180 valence electrons. The molecule has 0 aliphatic heterocycles. The highest BCUT2D eigenvalue weighted by molar-refractivity contribution is 5.67. The van der Waals surface area contributed by atoms with Crippen LogP contribution in [0.25, 0.3) is 0 Å². The van der Waals surface area contributed by atoms with Gasteiger partial charge < -0.3 is 23.7 Å². The first-order valence-corrected chi connectivity index (χ1v) is 11.0. The molecule has 0 atom stereocenters. The maximum Gasteiger partial charge on any atom is 0.410 e. The van der Waals surface area contributed by atoms with Crippen molar-refractivity contribution in [1.82, 2.24) is 9.88 Å². The van der Waals surface area contributed by atoms with Gasteiger partial charge in [0.2, 0.25) is 5.88 Å². The number of aromatic nitrogens is 1. The number of methoxy groups -OCH3 is 2. The van der Waals surface area contributed by atoms with Crippen LogP contribution >= 0.6 is 0 Å². The topological polar surface area (TPSA) is 79.4 Å². The second kappa shape index (κ2) is 13.7. The standard InChI is InChI=1S/C26H30N2O6/c1-30-23-10-6-21(7-11-23)19-28(20-22-8-12-24(31-2)13-9-22)26(29)34-18-16-32-15-17-33-25-5-3-4-14-27-25/h3-14H,15-20H2,1-2H3.